The molecule has 1 aliphatic heterocycles. The van der Waals surface area contributed by atoms with Gasteiger partial charge in [0.2, 0.25) is 0 Å². The van der Waals surface area contributed by atoms with E-state index in [0.717, 1.165) is 38.9 Å². The number of carbonyl (C=O) groups is 1. The second-order valence-electron chi connectivity index (χ2n) is 11.1. The van der Waals surface area contributed by atoms with E-state index in [-0.39, 0.29) is 28.4 Å². The van der Waals surface area contributed by atoms with E-state index >= 15 is 0 Å². The molecule has 1 aromatic carbocycles. The Morgan fingerprint density at radius 2 is 1.97 bits per heavy atom. The minimum absolute atomic E-state index is 0.0673. The molecule has 206 valence electrons. The largest absolute Gasteiger partial charge is 0.410 e. The van der Waals surface area contributed by atoms with Gasteiger partial charge in [0, 0.05) is 15.8 Å². The highest BCUT2D eigenvalue weighted by Crippen LogP contribution is 2.47. The van der Waals surface area contributed by atoms with Crippen molar-refractivity contribution in [3.8, 4) is 6.07 Å². The van der Waals surface area contributed by atoms with Crippen LogP contribution in [0.25, 0.3) is 0 Å². The lowest BCUT2D eigenvalue weighted by molar-refractivity contribution is -0.173. The van der Waals surface area contributed by atoms with E-state index in [2.05, 4.69) is 58.5 Å². The molecular formula is C27H26BrClF3N5OS. The third kappa shape index (κ3) is 5.31. The first-order valence-corrected chi connectivity index (χ1v) is 14.5. The number of anilines is 2. The smallest absolute Gasteiger partial charge is 0.362 e. The molecule has 0 fully saturated rings. The molecule has 3 atom stereocenters. The minimum Gasteiger partial charge on any atom is -0.362 e. The fraction of sp³-hybridized carbons (Fsp3) is 0.444. The Morgan fingerprint density at radius 1 is 1.28 bits per heavy atom. The summed E-state index contributed by atoms with van der Waals surface area (Å²) in [5.74, 6) is -0.383. The Bertz CT molecular complexity index is 1470. The molecule has 39 heavy (non-hydrogen) atoms. The zero-order valence-corrected chi connectivity index (χ0v) is 24.6. The lowest BCUT2D eigenvalue weighted by atomic mass is 9.72. The maximum absolute atomic E-state index is 14.1. The highest BCUT2D eigenvalue weighted by molar-refractivity contribution is 9.10. The van der Waals surface area contributed by atoms with Crippen LogP contribution in [0.2, 0.25) is 5.02 Å². The third-order valence-electron chi connectivity index (χ3n) is 7.61. The third-order valence-corrected chi connectivity index (χ3v) is 9.67. The maximum atomic E-state index is 14.1. The lowest BCUT2D eigenvalue weighted by Gasteiger charge is -2.33. The molecule has 2 aliphatic rings. The number of hydrogen-bond acceptors (Lipinski definition) is 5. The summed E-state index contributed by atoms with van der Waals surface area (Å²) in [6, 6.07) is 6.51. The van der Waals surface area contributed by atoms with Gasteiger partial charge in [-0.3, -0.25) is 4.79 Å². The quantitative estimate of drug-likeness (QED) is 0.302. The summed E-state index contributed by atoms with van der Waals surface area (Å²) in [4.78, 5) is 14.4. The number of halogens is 5. The van der Waals surface area contributed by atoms with Crippen molar-refractivity contribution in [2.45, 2.75) is 64.7 Å². The van der Waals surface area contributed by atoms with E-state index in [0.29, 0.717) is 22.0 Å². The second kappa shape index (κ2) is 10.1. The topological polar surface area (TPSA) is 82.7 Å². The first-order chi connectivity index (χ1) is 18.3. The summed E-state index contributed by atoms with van der Waals surface area (Å²) in [6.45, 7) is 6.57. The number of nitrogens with one attached hydrogen (secondary N) is 2. The molecule has 6 nitrogen and oxygen atoms in total. The first kappa shape index (κ1) is 28.0. The van der Waals surface area contributed by atoms with Gasteiger partial charge in [-0.1, -0.05) is 60.4 Å². The van der Waals surface area contributed by atoms with Crippen LogP contribution in [0.15, 0.2) is 28.7 Å². The van der Waals surface area contributed by atoms with E-state index in [9.17, 15) is 23.2 Å². The second-order valence-corrected chi connectivity index (χ2v) is 13.5. The summed E-state index contributed by atoms with van der Waals surface area (Å²) >= 11 is 11.2. The lowest BCUT2D eigenvalue weighted by Crippen LogP contribution is -2.35. The van der Waals surface area contributed by atoms with Crippen molar-refractivity contribution in [2.24, 2.45) is 11.3 Å². The number of hydrogen-bond donors (Lipinski definition) is 2. The van der Waals surface area contributed by atoms with Crippen molar-refractivity contribution < 1.29 is 18.0 Å². The molecule has 5 rings (SSSR count). The molecule has 0 saturated heterocycles. The molecule has 1 amide bonds. The zero-order chi connectivity index (χ0) is 28.3. The van der Waals surface area contributed by atoms with E-state index in [1.54, 1.807) is 24.3 Å². The predicted molar refractivity (Wildman–Crippen MR) is 149 cm³/mol. The number of carbonyl (C=O) groups excluding carboxylic acids is 1. The van der Waals surface area contributed by atoms with Gasteiger partial charge in [-0.25, -0.2) is 4.68 Å². The summed E-state index contributed by atoms with van der Waals surface area (Å²) in [5, 5.41) is 19.8. The van der Waals surface area contributed by atoms with E-state index in [1.807, 2.05) is 0 Å². The fourth-order valence-electron chi connectivity index (χ4n) is 5.34. The molecule has 0 spiro atoms. The maximum Gasteiger partial charge on any atom is 0.410 e. The van der Waals surface area contributed by atoms with Crippen LogP contribution >= 0.6 is 38.9 Å². The van der Waals surface area contributed by atoms with E-state index < -0.39 is 24.2 Å². The van der Waals surface area contributed by atoms with Crippen LogP contribution in [0.1, 0.15) is 77.8 Å². The van der Waals surface area contributed by atoms with Gasteiger partial charge < -0.3 is 10.6 Å². The summed E-state index contributed by atoms with van der Waals surface area (Å²) < 4.78 is 44.0. The van der Waals surface area contributed by atoms with Crippen LogP contribution in [0.3, 0.4) is 0 Å². The molecule has 2 aromatic heterocycles. The minimum atomic E-state index is -4.61. The van der Waals surface area contributed by atoms with Crippen LogP contribution in [0, 0.1) is 22.7 Å². The van der Waals surface area contributed by atoms with Gasteiger partial charge in [0.05, 0.1) is 11.6 Å². The van der Waals surface area contributed by atoms with Gasteiger partial charge in [0.1, 0.15) is 21.9 Å². The van der Waals surface area contributed by atoms with Crippen LogP contribution in [0.5, 0.6) is 0 Å². The molecule has 12 heteroatoms. The number of nitriles is 1. The normalized spacial score (nSPS) is 20.9. The van der Waals surface area contributed by atoms with Crippen molar-refractivity contribution in [3.05, 3.63) is 61.0 Å². The van der Waals surface area contributed by atoms with Gasteiger partial charge >= 0.3 is 6.18 Å². The fourth-order valence-corrected chi connectivity index (χ4v) is 7.14. The average molecular weight is 641 g/mol. The summed E-state index contributed by atoms with van der Waals surface area (Å²) in [6.07, 6.45) is -2.44. The Labute approximate surface area is 241 Å². The standard InChI is InChI=1S/C27H26BrClF3N5OS/c1-26(2,3)14-6-9-16-17(12-33)25(39-19(16)10-14)35-24(38)22-21(29)23-34-18(13-4-7-15(28)8-5-13)11-20(27(30,31)32)37(23)36-22/h4-5,7-8,14,18,20,34H,6,9-11H2,1-3H3,(H,35,38)/t14-,18+,20-/m0/s1. The number of alkyl halides is 3. The summed E-state index contributed by atoms with van der Waals surface area (Å²) in [5.41, 5.74) is 1.77. The van der Waals surface area contributed by atoms with Gasteiger partial charge in [0.25, 0.3) is 5.91 Å². The number of rotatable bonds is 3. The number of thiophene rings is 1. The van der Waals surface area contributed by atoms with E-state index in [4.69, 9.17) is 11.6 Å². The molecule has 0 saturated carbocycles. The Morgan fingerprint density at radius 3 is 2.59 bits per heavy atom. The predicted octanol–water partition coefficient (Wildman–Crippen LogP) is 8.30. The Balaban J connectivity index is 1.46. The van der Waals surface area contributed by atoms with Gasteiger partial charge in [-0.15, -0.1) is 11.3 Å². The van der Waals surface area contributed by atoms with Crippen LogP contribution in [0.4, 0.5) is 24.0 Å². The van der Waals surface area contributed by atoms with Gasteiger partial charge in [-0.05, 0) is 53.9 Å². The number of benzene rings is 1. The molecule has 3 heterocycles. The number of nitrogens with zero attached hydrogens (tertiary/aromatic N) is 3. The number of amides is 1. The SMILES string of the molecule is CC(C)(C)[C@H]1CCc2c(sc(NC(=O)c3nn4c(c3Cl)N[C@@H](c3ccc(Br)cc3)C[C@H]4C(F)(F)F)c2C#N)C1. The number of aromatic nitrogens is 2. The number of fused-ring (bicyclic) bond motifs is 2. The van der Waals surface area contributed by atoms with Crippen molar-refractivity contribution in [2.75, 3.05) is 10.6 Å². The van der Waals surface area contributed by atoms with E-state index in [1.165, 1.54) is 11.3 Å². The van der Waals surface area contributed by atoms with Crippen molar-refractivity contribution in [1.82, 2.24) is 9.78 Å². The molecule has 3 aromatic rings. The molecule has 0 bridgehead atoms. The molecule has 1 aliphatic carbocycles. The van der Waals surface area contributed by atoms with Crippen molar-refractivity contribution in [1.29, 1.82) is 5.26 Å². The van der Waals surface area contributed by atoms with Crippen molar-refractivity contribution in [3.63, 3.8) is 0 Å². The molecular weight excluding hydrogens is 615 g/mol. The monoisotopic (exact) mass is 639 g/mol. The van der Waals surface area contributed by atoms with Gasteiger partial charge in [-0.2, -0.15) is 23.5 Å². The highest BCUT2D eigenvalue weighted by atomic mass is 79.9. The Kier molecular flexibility index (Phi) is 7.27. The average Bonchev–Trinajstić information content (AvgIpc) is 3.39. The highest BCUT2D eigenvalue weighted by Gasteiger charge is 2.48. The molecule has 0 radical (unpaired) electrons. The van der Waals surface area contributed by atoms with Gasteiger partial charge in [0.15, 0.2) is 11.7 Å². The zero-order valence-electron chi connectivity index (χ0n) is 21.4. The Hall–Kier alpha value is -2.55. The first-order valence-electron chi connectivity index (χ1n) is 12.5. The molecule has 2 N–H and O–H groups in total. The van der Waals surface area contributed by atoms with Crippen LogP contribution in [-0.2, 0) is 12.8 Å². The van der Waals surface area contributed by atoms with Crippen LogP contribution < -0.4 is 10.6 Å². The van der Waals surface area contributed by atoms with Crippen molar-refractivity contribution >= 4 is 55.6 Å². The summed E-state index contributed by atoms with van der Waals surface area (Å²) in [7, 11) is 0. The van der Waals surface area contributed by atoms with Crippen LogP contribution in [-0.4, -0.2) is 21.9 Å². The molecule has 0 unspecified atom stereocenters.